The lowest BCUT2D eigenvalue weighted by molar-refractivity contribution is -0.144. The summed E-state index contributed by atoms with van der Waals surface area (Å²) < 4.78 is 5.47. The van der Waals surface area contributed by atoms with E-state index in [2.05, 4.69) is 58.9 Å². The first-order chi connectivity index (χ1) is 32.6. The van der Waals surface area contributed by atoms with Crippen LogP contribution in [-0.4, -0.2) is 152 Å². The Labute approximate surface area is 402 Å². The third-order valence-electron chi connectivity index (χ3n) is 12.8. The summed E-state index contributed by atoms with van der Waals surface area (Å²) in [6.45, 7) is 11.3. The van der Waals surface area contributed by atoms with Crippen LogP contribution in [-0.2, 0) is 43.4 Å². The van der Waals surface area contributed by atoms with Gasteiger partial charge in [-0.3, -0.25) is 33.8 Å². The SMILES string of the molecule is Cc1ncsc1-c1ccc(CNC(=O)[C@@H]2C[C@@H](O)CN2C(=O)[C@@H](NC(=O)COCC(=O)CCCN2CC(Nc3cc(C(=O)CC[C@H](O)CN4CCc5ccccc5C4)ncn3)C2)C(C)(C)C)cc1. The number of carbonyl (C=O) groups excluding carboxylic acids is 5. The summed E-state index contributed by atoms with van der Waals surface area (Å²) in [6.07, 6.45) is 2.33. The number of nitrogens with one attached hydrogen (secondary N) is 3. The molecule has 3 aliphatic rings. The van der Waals surface area contributed by atoms with Gasteiger partial charge in [0.25, 0.3) is 0 Å². The van der Waals surface area contributed by atoms with Gasteiger partial charge >= 0.3 is 0 Å². The van der Waals surface area contributed by atoms with E-state index in [0.717, 1.165) is 54.3 Å². The largest absolute Gasteiger partial charge is 0.392 e. The molecule has 5 heterocycles. The molecule has 2 aromatic carbocycles. The highest BCUT2D eigenvalue weighted by atomic mass is 32.1. The summed E-state index contributed by atoms with van der Waals surface area (Å²) in [7, 11) is 0. The van der Waals surface area contributed by atoms with Crippen LogP contribution in [0.25, 0.3) is 10.4 Å². The van der Waals surface area contributed by atoms with Gasteiger partial charge in [0.1, 0.15) is 43.1 Å². The number of hydrogen-bond acceptors (Lipinski definition) is 15. The van der Waals surface area contributed by atoms with E-state index in [0.29, 0.717) is 37.4 Å². The first kappa shape index (κ1) is 50.4. The molecule has 364 valence electrons. The second-order valence-corrected chi connectivity index (χ2v) is 20.2. The van der Waals surface area contributed by atoms with Crippen molar-refractivity contribution in [1.82, 2.24) is 40.3 Å². The normalized spacial score (nSPS) is 18.6. The Kier molecular flexibility index (Phi) is 17.2. The molecule has 0 radical (unpaired) electrons. The van der Waals surface area contributed by atoms with Gasteiger partial charge in [-0.15, -0.1) is 11.3 Å². The number of aliphatic hydroxyl groups excluding tert-OH is 2. The fourth-order valence-electron chi connectivity index (χ4n) is 8.98. The van der Waals surface area contributed by atoms with Crippen LogP contribution in [0, 0.1) is 12.3 Å². The van der Waals surface area contributed by atoms with Gasteiger partial charge in [-0.25, -0.2) is 15.0 Å². The highest BCUT2D eigenvalue weighted by Gasteiger charge is 2.44. The van der Waals surface area contributed by atoms with Crippen LogP contribution in [0.3, 0.4) is 0 Å². The summed E-state index contributed by atoms with van der Waals surface area (Å²) in [5, 5.41) is 30.3. The number of ether oxygens (including phenoxy) is 1. The van der Waals surface area contributed by atoms with Gasteiger partial charge in [0.15, 0.2) is 11.6 Å². The van der Waals surface area contributed by atoms with Crippen molar-refractivity contribution >= 4 is 46.4 Å². The van der Waals surface area contributed by atoms with Gasteiger partial charge in [0, 0.05) is 71.1 Å². The molecule has 5 N–H and O–H groups in total. The predicted molar refractivity (Wildman–Crippen MR) is 258 cm³/mol. The molecule has 0 unspecified atom stereocenters. The molecular formula is C50H65N9O8S. The van der Waals surface area contributed by atoms with Crippen LogP contribution in [0.2, 0.25) is 0 Å². The number of aromatic nitrogens is 3. The molecule has 0 spiro atoms. The number of aryl methyl sites for hydroxylation is 1. The van der Waals surface area contributed by atoms with E-state index >= 15 is 0 Å². The first-order valence-electron chi connectivity index (χ1n) is 23.6. The molecule has 0 saturated carbocycles. The van der Waals surface area contributed by atoms with Gasteiger partial charge in [-0.2, -0.15) is 0 Å². The number of amides is 3. The number of anilines is 1. The second-order valence-electron chi connectivity index (χ2n) is 19.3. The molecule has 68 heavy (non-hydrogen) atoms. The average molecular weight is 952 g/mol. The van der Waals surface area contributed by atoms with Crippen molar-refractivity contribution in [2.45, 2.75) is 110 Å². The van der Waals surface area contributed by atoms with Crippen molar-refractivity contribution in [3.8, 4) is 10.4 Å². The Bertz CT molecular complexity index is 2380. The maximum absolute atomic E-state index is 14.0. The molecule has 17 nitrogen and oxygen atoms in total. The van der Waals surface area contributed by atoms with Crippen LogP contribution in [0.5, 0.6) is 0 Å². The molecule has 2 aromatic heterocycles. The molecule has 3 aliphatic heterocycles. The number of ketones is 2. The van der Waals surface area contributed by atoms with E-state index in [-0.39, 0.29) is 56.6 Å². The zero-order valence-electron chi connectivity index (χ0n) is 39.5. The topological polar surface area (TPSA) is 220 Å². The monoisotopic (exact) mass is 951 g/mol. The number of aliphatic hydroxyl groups is 2. The molecule has 4 atom stereocenters. The molecular weight excluding hydrogens is 887 g/mol. The standard InChI is InChI=1S/C50H65N9O8S/c1-32-46(68-31-54-32)35-13-11-33(12-14-35)22-51-48(65)42-20-40(62)27-59(42)49(66)47(50(2,3)4)56-45(64)29-67-28-39(61)10-7-18-57-24-37(25-57)55-44-21-41(52-30-53-44)43(63)16-15-38(60)26-58-19-17-34-8-5-6-9-36(34)23-58/h5-6,8-9,11-14,21,30-31,37-38,40,42,47,60,62H,7,10,15-20,22-29H2,1-4H3,(H,51,65)(H,56,64)(H,52,53,55)/t38-,40+,42-,47+/m0/s1. The molecule has 0 aliphatic carbocycles. The van der Waals surface area contributed by atoms with Crippen molar-refractivity contribution < 1.29 is 38.9 Å². The quantitative estimate of drug-likeness (QED) is 0.0712. The van der Waals surface area contributed by atoms with E-state index in [9.17, 15) is 34.2 Å². The molecule has 4 aromatic rings. The number of nitrogens with zero attached hydrogens (tertiary/aromatic N) is 6. The van der Waals surface area contributed by atoms with Gasteiger partial charge in [-0.05, 0) is 60.4 Å². The minimum Gasteiger partial charge on any atom is -0.392 e. The first-order valence-corrected chi connectivity index (χ1v) is 24.4. The zero-order chi connectivity index (χ0) is 48.4. The van der Waals surface area contributed by atoms with Gasteiger partial charge in [0.05, 0.1) is 34.3 Å². The van der Waals surface area contributed by atoms with Crippen LogP contribution >= 0.6 is 11.3 Å². The van der Waals surface area contributed by atoms with E-state index in [1.54, 1.807) is 43.7 Å². The number of likely N-dealkylation sites (tertiary alicyclic amines) is 2. The van der Waals surface area contributed by atoms with E-state index in [4.69, 9.17) is 4.74 Å². The number of benzene rings is 2. The number of rotatable bonds is 22. The molecule has 2 saturated heterocycles. The average Bonchev–Trinajstić information content (AvgIpc) is 3.92. The number of hydrogen-bond donors (Lipinski definition) is 5. The fraction of sp³-hybridized carbons (Fsp3) is 0.520. The van der Waals surface area contributed by atoms with Crippen molar-refractivity contribution in [1.29, 1.82) is 0 Å². The van der Waals surface area contributed by atoms with Crippen LogP contribution in [0.4, 0.5) is 5.82 Å². The lowest BCUT2D eigenvalue weighted by Gasteiger charge is -2.39. The minimum atomic E-state index is -1.02. The smallest absolute Gasteiger partial charge is 0.246 e. The molecule has 7 rings (SSSR count). The molecule has 18 heteroatoms. The Hall–Kier alpha value is -5.50. The van der Waals surface area contributed by atoms with Crippen molar-refractivity contribution in [3.05, 3.63) is 94.5 Å². The van der Waals surface area contributed by atoms with E-state index in [1.807, 2.05) is 37.3 Å². The lowest BCUT2D eigenvalue weighted by atomic mass is 9.85. The number of fused-ring (bicyclic) bond motifs is 1. The molecule has 3 amide bonds. The maximum atomic E-state index is 14.0. The maximum Gasteiger partial charge on any atom is 0.246 e. The Morgan fingerprint density at radius 3 is 2.44 bits per heavy atom. The predicted octanol–water partition coefficient (Wildman–Crippen LogP) is 3.56. The number of thiazole rings is 1. The Balaban J connectivity index is 0.764. The zero-order valence-corrected chi connectivity index (χ0v) is 40.3. The summed E-state index contributed by atoms with van der Waals surface area (Å²) in [6, 6.07) is 16.0. The third-order valence-corrected chi connectivity index (χ3v) is 13.8. The summed E-state index contributed by atoms with van der Waals surface area (Å²) in [5.74, 6) is -1.17. The van der Waals surface area contributed by atoms with Gasteiger partial charge in [-0.1, -0.05) is 69.3 Å². The number of Topliss-reactive ketones (excluding diaryl/α,β-unsaturated/α-hetero) is 2. The van der Waals surface area contributed by atoms with Crippen LogP contribution < -0.4 is 16.0 Å². The molecule has 0 bridgehead atoms. The highest BCUT2D eigenvalue weighted by Crippen LogP contribution is 2.29. The number of β-amino-alcohol motifs (C(OH)–C–C–N with tert-alkyl or cyclic N) is 2. The second kappa shape index (κ2) is 23.2. The van der Waals surface area contributed by atoms with E-state index < -0.39 is 54.0 Å². The third kappa shape index (κ3) is 13.8. The van der Waals surface area contributed by atoms with Crippen LogP contribution in [0.1, 0.15) is 85.7 Å². The van der Waals surface area contributed by atoms with Gasteiger partial charge in [0.2, 0.25) is 17.7 Å². The summed E-state index contributed by atoms with van der Waals surface area (Å²) in [4.78, 5) is 85.8. The molecule has 2 fully saturated rings. The van der Waals surface area contributed by atoms with Gasteiger partial charge < -0.3 is 35.8 Å². The Morgan fingerprint density at radius 1 is 0.941 bits per heavy atom. The van der Waals surface area contributed by atoms with E-state index in [1.165, 1.54) is 22.4 Å². The van der Waals surface area contributed by atoms with Crippen molar-refractivity contribution in [2.24, 2.45) is 5.41 Å². The fourth-order valence-corrected chi connectivity index (χ4v) is 9.79. The van der Waals surface area contributed by atoms with Crippen molar-refractivity contribution in [3.63, 3.8) is 0 Å². The highest BCUT2D eigenvalue weighted by molar-refractivity contribution is 7.13. The van der Waals surface area contributed by atoms with Crippen LogP contribution in [0.15, 0.2) is 66.4 Å². The van der Waals surface area contributed by atoms with Crippen molar-refractivity contribution in [2.75, 3.05) is 57.8 Å². The summed E-state index contributed by atoms with van der Waals surface area (Å²) >= 11 is 1.56. The lowest BCUT2D eigenvalue weighted by Crippen LogP contribution is -2.58. The number of carbonyl (C=O) groups is 5. The summed E-state index contributed by atoms with van der Waals surface area (Å²) in [5.41, 5.74) is 6.89. The minimum absolute atomic E-state index is 0.0452. The Morgan fingerprint density at radius 2 is 1.71 bits per heavy atom.